The van der Waals surface area contributed by atoms with Gasteiger partial charge in [0.05, 0.1) is 19.3 Å². The molecule has 4 heteroatoms. The minimum Gasteiger partial charge on any atom is -0.375 e. The second-order valence-corrected chi connectivity index (χ2v) is 6.31. The molecular weight excluding hydrogens is 238 g/mol. The van der Waals surface area contributed by atoms with Crippen LogP contribution in [0, 0.1) is 5.41 Å². The summed E-state index contributed by atoms with van der Waals surface area (Å²) >= 11 is 0. The van der Waals surface area contributed by atoms with Gasteiger partial charge in [-0.2, -0.15) is 0 Å². The number of hydrogen-bond donors (Lipinski definition) is 1. The average Bonchev–Trinajstić information content (AvgIpc) is 2.90. The number of rotatable bonds is 3. The van der Waals surface area contributed by atoms with Crippen LogP contribution in [-0.4, -0.2) is 43.2 Å². The van der Waals surface area contributed by atoms with Gasteiger partial charge in [0.2, 0.25) is 0 Å². The molecule has 2 rings (SSSR count). The molecule has 1 aliphatic heterocycles. The molecule has 1 saturated heterocycles. The van der Waals surface area contributed by atoms with Crippen molar-refractivity contribution in [3.63, 3.8) is 0 Å². The molecule has 0 radical (unpaired) electrons. The van der Waals surface area contributed by atoms with Crippen LogP contribution in [0.25, 0.3) is 0 Å². The van der Waals surface area contributed by atoms with Gasteiger partial charge in [-0.05, 0) is 26.2 Å². The van der Waals surface area contributed by atoms with E-state index in [-0.39, 0.29) is 11.5 Å². The second-order valence-electron chi connectivity index (χ2n) is 6.31. The summed E-state index contributed by atoms with van der Waals surface area (Å²) in [6, 6.07) is 0. The van der Waals surface area contributed by atoms with Crippen molar-refractivity contribution in [2.45, 2.75) is 46.1 Å². The molecule has 4 nitrogen and oxygen atoms in total. The van der Waals surface area contributed by atoms with Gasteiger partial charge in [-0.3, -0.25) is 4.99 Å². The molecule has 1 fully saturated rings. The third-order valence-electron chi connectivity index (χ3n) is 4.11. The van der Waals surface area contributed by atoms with Gasteiger partial charge in [0.25, 0.3) is 0 Å². The number of hydrogen-bond acceptors (Lipinski definition) is 2. The molecule has 1 atom stereocenters. The van der Waals surface area contributed by atoms with E-state index >= 15 is 0 Å². The first-order valence-electron chi connectivity index (χ1n) is 7.35. The molecule has 2 aliphatic rings. The normalized spacial score (nSPS) is 25.6. The van der Waals surface area contributed by atoms with Gasteiger partial charge in [-0.25, -0.2) is 0 Å². The van der Waals surface area contributed by atoms with Crippen molar-refractivity contribution in [2.24, 2.45) is 16.1 Å². The van der Waals surface area contributed by atoms with E-state index in [1.54, 1.807) is 5.57 Å². The quantitative estimate of drug-likeness (QED) is 0.483. The number of morpholine rings is 1. The Bertz CT molecular complexity index is 374. The van der Waals surface area contributed by atoms with Gasteiger partial charge in [-0.15, -0.1) is 0 Å². The van der Waals surface area contributed by atoms with Crippen molar-refractivity contribution in [3.05, 3.63) is 11.6 Å². The Labute approximate surface area is 116 Å². The van der Waals surface area contributed by atoms with E-state index in [2.05, 4.69) is 36.7 Å². The van der Waals surface area contributed by atoms with E-state index < -0.39 is 0 Å². The topological polar surface area (TPSA) is 50.8 Å². The predicted molar refractivity (Wildman–Crippen MR) is 79.2 cm³/mol. The van der Waals surface area contributed by atoms with Crippen molar-refractivity contribution < 1.29 is 4.74 Å². The number of allylic oxidation sites excluding steroid dienone is 1. The maximum Gasteiger partial charge on any atom is 0.191 e. The van der Waals surface area contributed by atoms with Crippen LogP contribution in [0.15, 0.2) is 16.6 Å². The molecule has 0 amide bonds. The van der Waals surface area contributed by atoms with Crippen molar-refractivity contribution in [3.8, 4) is 0 Å². The summed E-state index contributed by atoms with van der Waals surface area (Å²) in [6.07, 6.45) is 6.35. The molecule has 1 heterocycles. The lowest BCUT2D eigenvalue weighted by Crippen LogP contribution is -2.48. The fraction of sp³-hybridized carbons (Fsp3) is 0.800. The van der Waals surface area contributed by atoms with Gasteiger partial charge < -0.3 is 15.4 Å². The van der Waals surface area contributed by atoms with Crippen LogP contribution in [0.1, 0.15) is 40.0 Å². The third kappa shape index (κ3) is 3.72. The summed E-state index contributed by atoms with van der Waals surface area (Å²) in [5.74, 6) is 0.668. The zero-order chi connectivity index (χ0) is 13.9. The van der Waals surface area contributed by atoms with Crippen LogP contribution >= 0.6 is 0 Å². The van der Waals surface area contributed by atoms with Crippen LogP contribution in [0.4, 0.5) is 0 Å². The molecule has 0 bridgehead atoms. The van der Waals surface area contributed by atoms with Gasteiger partial charge in [-0.1, -0.05) is 25.5 Å². The van der Waals surface area contributed by atoms with Crippen LogP contribution in [0.2, 0.25) is 0 Å². The zero-order valence-electron chi connectivity index (χ0n) is 12.5. The van der Waals surface area contributed by atoms with Crippen LogP contribution in [-0.2, 0) is 4.74 Å². The van der Waals surface area contributed by atoms with Crippen molar-refractivity contribution in [2.75, 3.05) is 26.2 Å². The molecule has 1 unspecified atom stereocenters. The van der Waals surface area contributed by atoms with Crippen molar-refractivity contribution in [1.29, 1.82) is 0 Å². The van der Waals surface area contributed by atoms with Gasteiger partial charge in [0, 0.05) is 18.5 Å². The summed E-state index contributed by atoms with van der Waals surface area (Å²) in [5, 5.41) is 0. The SMILES string of the molecule is CC1CN(C(N)=NCC(C)(C)C2=CCCC2)CCO1. The first kappa shape index (κ1) is 14.4. The number of nitrogens with zero attached hydrogens (tertiary/aromatic N) is 2. The first-order valence-corrected chi connectivity index (χ1v) is 7.35. The molecule has 0 aromatic heterocycles. The molecule has 108 valence electrons. The number of aliphatic imine (C=N–C) groups is 1. The molecule has 0 aromatic rings. The monoisotopic (exact) mass is 265 g/mol. The molecule has 0 spiro atoms. The molecule has 1 aliphatic carbocycles. The van der Waals surface area contributed by atoms with Crippen molar-refractivity contribution >= 4 is 5.96 Å². The highest BCUT2D eigenvalue weighted by Crippen LogP contribution is 2.34. The molecule has 19 heavy (non-hydrogen) atoms. The minimum atomic E-state index is 0.138. The highest BCUT2D eigenvalue weighted by molar-refractivity contribution is 5.78. The van der Waals surface area contributed by atoms with E-state index in [0.29, 0.717) is 5.96 Å². The molecule has 2 N–H and O–H groups in total. The maximum absolute atomic E-state index is 6.12. The number of ether oxygens (including phenoxy) is 1. The average molecular weight is 265 g/mol. The van der Waals surface area contributed by atoms with Crippen LogP contribution < -0.4 is 5.73 Å². The van der Waals surface area contributed by atoms with E-state index in [4.69, 9.17) is 10.5 Å². The predicted octanol–water partition coefficient (Wildman–Crippen LogP) is 2.16. The molecular formula is C15H27N3O. The Balaban J connectivity index is 1.93. The Morgan fingerprint density at radius 3 is 3.00 bits per heavy atom. The summed E-state index contributed by atoms with van der Waals surface area (Å²) < 4.78 is 5.52. The van der Waals surface area contributed by atoms with Gasteiger partial charge >= 0.3 is 0 Å². The standard InChI is InChI=1S/C15H27N3O/c1-12-10-18(8-9-19-12)14(16)17-11-15(2,3)13-6-4-5-7-13/h6,12H,4-5,7-11H2,1-3H3,(H2,16,17). The van der Waals surface area contributed by atoms with Crippen LogP contribution in [0.5, 0.6) is 0 Å². The molecule has 0 saturated carbocycles. The Morgan fingerprint density at radius 1 is 1.58 bits per heavy atom. The smallest absolute Gasteiger partial charge is 0.191 e. The highest BCUT2D eigenvalue weighted by atomic mass is 16.5. The number of nitrogens with two attached hydrogens (primary N) is 1. The Morgan fingerprint density at radius 2 is 2.37 bits per heavy atom. The summed E-state index contributed by atoms with van der Waals surface area (Å²) in [7, 11) is 0. The van der Waals surface area contributed by atoms with Gasteiger partial charge in [0.1, 0.15) is 0 Å². The van der Waals surface area contributed by atoms with E-state index in [1.165, 1.54) is 19.3 Å². The largest absolute Gasteiger partial charge is 0.375 e. The Hall–Kier alpha value is -1.03. The third-order valence-corrected chi connectivity index (χ3v) is 4.11. The highest BCUT2D eigenvalue weighted by Gasteiger charge is 2.25. The minimum absolute atomic E-state index is 0.138. The van der Waals surface area contributed by atoms with Crippen molar-refractivity contribution in [1.82, 2.24) is 4.90 Å². The first-order chi connectivity index (χ1) is 8.99. The van der Waals surface area contributed by atoms with E-state index in [0.717, 1.165) is 26.2 Å². The lowest BCUT2D eigenvalue weighted by atomic mass is 9.84. The fourth-order valence-electron chi connectivity index (χ4n) is 2.79. The number of guanidine groups is 1. The molecule has 0 aromatic carbocycles. The maximum atomic E-state index is 6.12. The Kier molecular flexibility index (Phi) is 4.50. The summed E-state index contributed by atoms with van der Waals surface area (Å²) in [5.41, 5.74) is 7.80. The summed E-state index contributed by atoms with van der Waals surface area (Å²) in [4.78, 5) is 6.75. The van der Waals surface area contributed by atoms with Gasteiger partial charge in [0.15, 0.2) is 5.96 Å². The van der Waals surface area contributed by atoms with Crippen LogP contribution in [0.3, 0.4) is 0 Å². The van der Waals surface area contributed by atoms with E-state index in [9.17, 15) is 0 Å². The lowest BCUT2D eigenvalue weighted by Gasteiger charge is -2.32. The fourth-order valence-corrected chi connectivity index (χ4v) is 2.79. The lowest BCUT2D eigenvalue weighted by molar-refractivity contribution is 0.00526. The summed E-state index contributed by atoms with van der Waals surface area (Å²) in [6.45, 7) is 9.82. The second kappa shape index (κ2) is 5.95. The van der Waals surface area contributed by atoms with E-state index in [1.807, 2.05) is 0 Å². The zero-order valence-corrected chi connectivity index (χ0v) is 12.5.